The van der Waals surface area contributed by atoms with Gasteiger partial charge in [-0.05, 0) is 75.3 Å². The van der Waals surface area contributed by atoms with Crippen LogP contribution >= 0.6 is 0 Å². The van der Waals surface area contributed by atoms with Crippen molar-refractivity contribution in [3.05, 3.63) is 65.2 Å². The SMILES string of the molecule is C/C=C(\Nc1cc(C2=NC(C3CC3)ON2)c(F)cc1C)c1cnn2ccc(N3CCC(C)CC3)cc12. The van der Waals surface area contributed by atoms with Crippen LogP contribution in [0.15, 0.2) is 47.7 Å². The number of pyridine rings is 1. The van der Waals surface area contributed by atoms with Crippen molar-refractivity contribution >= 4 is 28.4 Å². The molecule has 3 aromatic rings. The predicted molar refractivity (Wildman–Crippen MR) is 141 cm³/mol. The third-order valence-corrected chi connectivity index (χ3v) is 7.63. The maximum atomic E-state index is 14.9. The lowest BCUT2D eigenvalue weighted by atomic mass is 9.99. The number of piperidine rings is 1. The number of halogens is 1. The van der Waals surface area contributed by atoms with E-state index in [2.05, 4.69) is 44.8 Å². The number of benzene rings is 1. The number of anilines is 2. The molecule has 0 spiro atoms. The van der Waals surface area contributed by atoms with Crippen molar-refractivity contribution in [1.82, 2.24) is 15.1 Å². The van der Waals surface area contributed by atoms with E-state index in [1.165, 1.54) is 18.5 Å². The Kier molecular flexibility index (Phi) is 5.91. The molecule has 0 bridgehead atoms. The van der Waals surface area contributed by atoms with Crippen molar-refractivity contribution in [2.75, 3.05) is 23.3 Å². The first-order chi connectivity index (χ1) is 17.5. The van der Waals surface area contributed by atoms with Gasteiger partial charge in [-0.25, -0.2) is 24.2 Å². The van der Waals surface area contributed by atoms with E-state index < -0.39 is 0 Å². The number of aliphatic imine (C=N–C) groups is 1. The molecule has 36 heavy (non-hydrogen) atoms. The molecule has 2 aliphatic heterocycles. The van der Waals surface area contributed by atoms with E-state index in [-0.39, 0.29) is 12.0 Å². The number of fused-ring (bicyclic) bond motifs is 1. The summed E-state index contributed by atoms with van der Waals surface area (Å²) >= 11 is 0. The lowest BCUT2D eigenvalue weighted by molar-refractivity contribution is 0.0249. The summed E-state index contributed by atoms with van der Waals surface area (Å²) in [7, 11) is 0. The highest BCUT2D eigenvalue weighted by Gasteiger charge is 2.36. The van der Waals surface area contributed by atoms with Crippen LogP contribution < -0.4 is 15.7 Å². The second-order valence-corrected chi connectivity index (χ2v) is 10.3. The molecule has 3 aliphatic rings. The largest absolute Gasteiger partial charge is 0.371 e. The fourth-order valence-corrected chi connectivity index (χ4v) is 5.07. The van der Waals surface area contributed by atoms with Gasteiger partial charge in [-0.1, -0.05) is 13.0 Å². The highest BCUT2D eigenvalue weighted by Crippen LogP contribution is 2.37. The number of aromatic nitrogens is 2. The first kappa shape index (κ1) is 23.0. The number of rotatable bonds is 6. The minimum absolute atomic E-state index is 0.223. The lowest BCUT2D eigenvalue weighted by Gasteiger charge is -2.32. The summed E-state index contributed by atoms with van der Waals surface area (Å²) in [4.78, 5) is 12.6. The van der Waals surface area contributed by atoms with Gasteiger partial charge in [-0.3, -0.25) is 0 Å². The number of nitrogens with one attached hydrogen (secondary N) is 2. The average molecular weight is 489 g/mol. The molecule has 4 heterocycles. The van der Waals surface area contributed by atoms with Crippen molar-refractivity contribution in [1.29, 1.82) is 0 Å². The van der Waals surface area contributed by atoms with Crippen molar-refractivity contribution < 1.29 is 9.23 Å². The molecule has 1 saturated carbocycles. The summed E-state index contributed by atoms with van der Waals surface area (Å²) in [5, 5.41) is 8.12. The van der Waals surface area contributed by atoms with E-state index in [1.807, 2.05) is 42.9 Å². The minimum Gasteiger partial charge on any atom is -0.371 e. The van der Waals surface area contributed by atoms with Crippen molar-refractivity contribution in [2.24, 2.45) is 16.8 Å². The third kappa shape index (κ3) is 4.34. The molecule has 1 saturated heterocycles. The third-order valence-electron chi connectivity index (χ3n) is 7.63. The van der Waals surface area contributed by atoms with Crippen molar-refractivity contribution in [2.45, 2.75) is 52.7 Å². The zero-order valence-corrected chi connectivity index (χ0v) is 21.1. The Morgan fingerprint density at radius 2 is 2.00 bits per heavy atom. The smallest absolute Gasteiger partial charge is 0.180 e. The minimum atomic E-state index is -0.317. The van der Waals surface area contributed by atoms with Gasteiger partial charge in [0.25, 0.3) is 0 Å². The molecule has 188 valence electrons. The molecular weight excluding hydrogens is 455 g/mol. The quantitative estimate of drug-likeness (QED) is 0.479. The van der Waals surface area contributed by atoms with E-state index in [4.69, 9.17) is 4.84 Å². The van der Waals surface area contributed by atoms with Gasteiger partial charge in [0.15, 0.2) is 12.1 Å². The van der Waals surface area contributed by atoms with Crippen molar-refractivity contribution in [3.8, 4) is 0 Å². The van der Waals surface area contributed by atoms with Crippen LogP contribution in [-0.2, 0) is 4.84 Å². The molecule has 6 rings (SSSR count). The van der Waals surface area contributed by atoms with Crippen LogP contribution in [0.4, 0.5) is 15.8 Å². The van der Waals surface area contributed by atoms with E-state index >= 15 is 0 Å². The van der Waals surface area contributed by atoms with E-state index in [9.17, 15) is 4.39 Å². The fraction of sp³-hybridized carbons (Fsp3) is 0.429. The number of aryl methyl sites for hydroxylation is 1. The summed E-state index contributed by atoms with van der Waals surface area (Å²) in [6.07, 6.45) is 10.4. The predicted octanol–water partition coefficient (Wildman–Crippen LogP) is 5.51. The molecule has 1 atom stereocenters. The molecular formula is C28H33FN6O. The molecule has 1 unspecified atom stereocenters. The van der Waals surface area contributed by atoms with E-state index in [1.54, 1.807) is 6.07 Å². The Morgan fingerprint density at radius 3 is 2.75 bits per heavy atom. The summed E-state index contributed by atoms with van der Waals surface area (Å²) in [5.74, 6) is 1.35. The molecule has 2 aromatic heterocycles. The zero-order chi connectivity index (χ0) is 24.8. The first-order valence-electron chi connectivity index (χ1n) is 13.0. The summed E-state index contributed by atoms with van der Waals surface area (Å²) in [5.41, 5.74) is 9.06. The van der Waals surface area contributed by atoms with Gasteiger partial charge in [-0.2, -0.15) is 5.10 Å². The van der Waals surface area contributed by atoms with Crippen LogP contribution in [-0.4, -0.2) is 34.8 Å². The summed E-state index contributed by atoms with van der Waals surface area (Å²) < 4.78 is 16.8. The number of amidine groups is 1. The van der Waals surface area contributed by atoms with Crippen LogP contribution in [0.1, 0.15) is 56.2 Å². The van der Waals surface area contributed by atoms with E-state index in [0.29, 0.717) is 17.3 Å². The molecule has 2 fully saturated rings. The molecule has 8 heteroatoms. The maximum absolute atomic E-state index is 14.9. The van der Waals surface area contributed by atoms with Gasteiger partial charge >= 0.3 is 0 Å². The van der Waals surface area contributed by atoms with Crippen molar-refractivity contribution in [3.63, 3.8) is 0 Å². The highest BCUT2D eigenvalue weighted by atomic mass is 19.1. The van der Waals surface area contributed by atoms with Gasteiger partial charge in [0.1, 0.15) is 5.82 Å². The molecule has 2 N–H and O–H groups in total. The fourth-order valence-electron chi connectivity index (χ4n) is 5.07. The Balaban J connectivity index is 1.29. The van der Waals surface area contributed by atoms with Crippen LogP contribution in [0.25, 0.3) is 11.2 Å². The standard InChI is InChI=1S/C28H33FN6O/c1-4-24(22-16-30-35-12-9-20(14-26(22)35)34-10-7-17(2)8-11-34)31-25-15-21(23(29)13-18(25)3)27-32-28(36-33-27)19-5-6-19/h4,9,12-17,19,28,31H,5-8,10-11H2,1-3H3,(H,32,33)/b24-4-. The van der Waals surface area contributed by atoms with Crippen LogP contribution in [0.2, 0.25) is 0 Å². The average Bonchev–Trinajstić information content (AvgIpc) is 3.46. The number of nitrogens with zero attached hydrogens (tertiary/aromatic N) is 4. The normalized spacial score (nSPS) is 21.1. The van der Waals surface area contributed by atoms with Crippen LogP contribution in [0, 0.1) is 24.6 Å². The summed E-state index contributed by atoms with van der Waals surface area (Å²) in [6.45, 7) is 8.39. The summed E-state index contributed by atoms with van der Waals surface area (Å²) in [6, 6.07) is 7.72. The highest BCUT2D eigenvalue weighted by molar-refractivity contribution is 6.00. The van der Waals surface area contributed by atoms with Gasteiger partial charge in [0, 0.05) is 47.8 Å². The van der Waals surface area contributed by atoms with Crippen LogP contribution in [0.3, 0.4) is 0 Å². The Morgan fingerprint density at radius 1 is 1.19 bits per heavy atom. The first-order valence-corrected chi connectivity index (χ1v) is 13.0. The van der Waals surface area contributed by atoms with Gasteiger partial charge in [0.05, 0.1) is 17.3 Å². The van der Waals surface area contributed by atoms with Gasteiger partial charge in [-0.15, -0.1) is 0 Å². The molecule has 0 amide bonds. The Bertz CT molecular complexity index is 1350. The second-order valence-electron chi connectivity index (χ2n) is 10.3. The number of hydroxylamine groups is 1. The van der Waals surface area contributed by atoms with Gasteiger partial charge < -0.3 is 10.2 Å². The van der Waals surface area contributed by atoms with Crippen LogP contribution in [0.5, 0.6) is 0 Å². The lowest BCUT2D eigenvalue weighted by Crippen LogP contribution is -2.32. The van der Waals surface area contributed by atoms with Gasteiger partial charge in [0.2, 0.25) is 0 Å². The molecule has 1 aliphatic carbocycles. The number of hydrogen-bond donors (Lipinski definition) is 2. The maximum Gasteiger partial charge on any atom is 0.180 e. The molecule has 7 nitrogen and oxygen atoms in total. The number of hydrogen-bond acceptors (Lipinski definition) is 6. The second kappa shape index (κ2) is 9.24. The monoisotopic (exact) mass is 488 g/mol. The number of allylic oxidation sites excluding steroid dienone is 1. The van der Waals surface area contributed by atoms with E-state index in [0.717, 1.165) is 59.9 Å². The topological polar surface area (TPSA) is 66.2 Å². The Labute approximate surface area is 211 Å². The molecule has 1 aromatic carbocycles. The Hall–Kier alpha value is -3.39. The molecule has 0 radical (unpaired) electrons. The zero-order valence-electron chi connectivity index (χ0n) is 21.1.